The van der Waals surface area contributed by atoms with Crippen molar-refractivity contribution < 1.29 is 0 Å². The molecule has 1 N–H and O–H groups in total. The minimum atomic E-state index is 0.237. The van der Waals surface area contributed by atoms with E-state index in [0.717, 1.165) is 17.8 Å². The molecule has 0 saturated carbocycles. The monoisotopic (exact) mass is 345 g/mol. The molecular weight excluding hydrogens is 329 g/mol. The SMILES string of the molecule is C[C@@H](NCc1ccc(Cl)c(Cl)c1)c1ccc(-n2ccnc2)cc1. The van der Waals surface area contributed by atoms with E-state index in [-0.39, 0.29) is 6.04 Å². The number of benzene rings is 2. The molecule has 0 saturated heterocycles. The van der Waals surface area contributed by atoms with Gasteiger partial charge in [0.1, 0.15) is 0 Å². The number of halogens is 2. The fraction of sp³-hybridized carbons (Fsp3) is 0.167. The van der Waals surface area contributed by atoms with Crippen LogP contribution in [0.2, 0.25) is 10.0 Å². The summed E-state index contributed by atoms with van der Waals surface area (Å²) in [7, 11) is 0. The van der Waals surface area contributed by atoms with E-state index in [1.807, 2.05) is 29.0 Å². The summed E-state index contributed by atoms with van der Waals surface area (Å²) in [6.07, 6.45) is 5.50. The fourth-order valence-electron chi connectivity index (χ4n) is 2.39. The van der Waals surface area contributed by atoms with Crippen LogP contribution in [-0.4, -0.2) is 9.55 Å². The van der Waals surface area contributed by atoms with Crippen LogP contribution >= 0.6 is 23.2 Å². The van der Waals surface area contributed by atoms with Gasteiger partial charge in [-0.05, 0) is 42.3 Å². The zero-order valence-corrected chi connectivity index (χ0v) is 14.2. The number of nitrogens with one attached hydrogen (secondary N) is 1. The molecule has 0 aliphatic rings. The van der Waals surface area contributed by atoms with Crippen molar-refractivity contribution in [3.05, 3.63) is 82.4 Å². The van der Waals surface area contributed by atoms with Crippen LogP contribution in [0.25, 0.3) is 5.69 Å². The second kappa shape index (κ2) is 7.18. The summed E-state index contributed by atoms with van der Waals surface area (Å²) in [5, 5.41) is 4.66. The Labute approximate surface area is 145 Å². The molecule has 0 aliphatic carbocycles. The van der Waals surface area contributed by atoms with Gasteiger partial charge in [0.25, 0.3) is 0 Å². The highest BCUT2D eigenvalue weighted by Crippen LogP contribution is 2.23. The van der Waals surface area contributed by atoms with Gasteiger partial charge in [-0.15, -0.1) is 0 Å². The summed E-state index contributed by atoms with van der Waals surface area (Å²) in [4.78, 5) is 4.06. The third kappa shape index (κ3) is 3.94. The Morgan fingerprint density at radius 1 is 1.09 bits per heavy atom. The van der Waals surface area contributed by atoms with E-state index in [0.29, 0.717) is 10.0 Å². The van der Waals surface area contributed by atoms with Crippen LogP contribution in [0.1, 0.15) is 24.1 Å². The summed E-state index contributed by atoms with van der Waals surface area (Å²) in [6.45, 7) is 2.88. The predicted molar refractivity (Wildman–Crippen MR) is 95.3 cm³/mol. The molecule has 3 aromatic rings. The van der Waals surface area contributed by atoms with Crippen molar-refractivity contribution in [1.82, 2.24) is 14.9 Å². The van der Waals surface area contributed by atoms with Crippen molar-refractivity contribution in [2.75, 3.05) is 0 Å². The first-order valence-corrected chi connectivity index (χ1v) is 8.14. The Morgan fingerprint density at radius 2 is 1.87 bits per heavy atom. The van der Waals surface area contributed by atoms with E-state index < -0.39 is 0 Å². The molecule has 118 valence electrons. The van der Waals surface area contributed by atoms with Crippen molar-refractivity contribution in [3.8, 4) is 5.69 Å². The third-order valence-electron chi connectivity index (χ3n) is 3.79. The quantitative estimate of drug-likeness (QED) is 0.702. The molecule has 0 spiro atoms. The van der Waals surface area contributed by atoms with Gasteiger partial charge < -0.3 is 9.88 Å². The van der Waals surface area contributed by atoms with Gasteiger partial charge in [0.15, 0.2) is 0 Å². The van der Waals surface area contributed by atoms with Gasteiger partial charge in [0.2, 0.25) is 0 Å². The Bertz CT molecular complexity index is 767. The van der Waals surface area contributed by atoms with Crippen molar-refractivity contribution in [1.29, 1.82) is 0 Å². The van der Waals surface area contributed by atoms with Crippen molar-refractivity contribution in [2.45, 2.75) is 19.5 Å². The highest BCUT2D eigenvalue weighted by atomic mass is 35.5. The molecule has 5 heteroatoms. The normalized spacial score (nSPS) is 12.3. The number of hydrogen-bond donors (Lipinski definition) is 1. The van der Waals surface area contributed by atoms with Crippen LogP contribution in [0.5, 0.6) is 0 Å². The molecule has 0 unspecified atom stereocenters. The largest absolute Gasteiger partial charge is 0.306 e. The highest BCUT2D eigenvalue weighted by Gasteiger charge is 2.06. The Balaban J connectivity index is 1.63. The van der Waals surface area contributed by atoms with Gasteiger partial charge in [-0.2, -0.15) is 0 Å². The average Bonchev–Trinajstić information content (AvgIpc) is 3.10. The minimum Gasteiger partial charge on any atom is -0.306 e. The van der Waals surface area contributed by atoms with E-state index in [4.69, 9.17) is 23.2 Å². The van der Waals surface area contributed by atoms with E-state index in [1.54, 1.807) is 12.5 Å². The summed E-state index contributed by atoms with van der Waals surface area (Å²) >= 11 is 12.0. The van der Waals surface area contributed by atoms with E-state index in [1.165, 1.54) is 5.56 Å². The average molecular weight is 346 g/mol. The molecule has 23 heavy (non-hydrogen) atoms. The number of nitrogens with zero attached hydrogens (tertiary/aromatic N) is 2. The second-order valence-corrected chi connectivity index (χ2v) is 6.23. The highest BCUT2D eigenvalue weighted by molar-refractivity contribution is 6.42. The first-order chi connectivity index (χ1) is 11.1. The second-order valence-electron chi connectivity index (χ2n) is 5.41. The minimum absolute atomic E-state index is 0.237. The van der Waals surface area contributed by atoms with Crippen LogP contribution in [0.3, 0.4) is 0 Å². The molecule has 0 fully saturated rings. The molecule has 3 nitrogen and oxygen atoms in total. The Morgan fingerprint density at radius 3 is 2.52 bits per heavy atom. The summed E-state index contributed by atoms with van der Waals surface area (Å²) in [5.41, 5.74) is 3.44. The zero-order valence-electron chi connectivity index (χ0n) is 12.7. The van der Waals surface area contributed by atoms with Crippen LogP contribution in [0.4, 0.5) is 0 Å². The van der Waals surface area contributed by atoms with Crippen LogP contribution in [-0.2, 0) is 6.54 Å². The molecule has 0 aliphatic heterocycles. The lowest BCUT2D eigenvalue weighted by molar-refractivity contribution is 0.574. The van der Waals surface area contributed by atoms with Gasteiger partial charge in [0.05, 0.1) is 16.4 Å². The van der Waals surface area contributed by atoms with Gasteiger partial charge >= 0.3 is 0 Å². The fourth-order valence-corrected chi connectivity index (χ4v) is 2.71. The van der Waals surface area contributed by atoms with Crippen molar-refractivity contribution >= 4 is 23.2 Å². The van der Waals surface area contributed by atoms with E-state index in [2.05, 4.69) is 41.5 Å². The molecule has 0 amide bonds. The van der Waals surface area contributed by atoms with Crippen LogP contribution in [0.15, 0.2) is 61.2 Å². The first kappa shape index (κ1) is 16.1. The number of imidazole rings is 1. The summed E-state index contributed by atoms with van der Waals surface area (Å²) in [6, 6.07) is 14.4. The number of hydrogen-bond acceptors (Lipinski definition) is 2. The lowest BCUT2D eigenvalue weighted by Crippen LogP contribution is -2.18. The first-order valence-electron chi connectivity index (χ1n) is 7.39. The summed E-state index contributed by atoms with van der Waals surface area (Å²) < 4.78 is 1.98. The Hall–Kier alpha value is -1.81. The van der Waals surface area contributed by atoms with Gasteiger partial charge in [-0.3, -0.25) is 0 Å². The maximum absolute atomic E-state index is 6.05. The molecule has 3 rings (SSSR count). The van der Waals surface area contributed by atoms with Crippen molar-refractivity contribution in [3.63, 3.8) is 0 Å². The van der Waals surface area contributed by atoms with Gasteiger partial charge in [-0.1, -0.05) is 41.4 Å². The van der Waals surface area contributed by atoms with Gasteiger partial charge in [0, 0.05) is 30.7 Å². The molecule has 1 aromatic heterocycles. The molecule has 0 radical (unpaired) electrons. The number of aromatic nitrogens is 2. The van der Waals surface area contributed by atoms with Crippen molar-refractivity contribution in [2.24, 2.45) is 0 Å². The van der Waals surface area contributed by atoms with E-state index in [9.17, 15) is 0 Å². The molecule has 0 bridgehead atoms. The summed E-state index contributed by atoms with van der Waals surface area (Å²) in [5.74, 6) is 0. The number of rotatable bonds is 5. The lowest BCUT2D eigenvalue weighted by Gasteiger charge is -2.15. The maximum Gasteiger partial charge on any atom is 0.0991 e. The van der Waals surface area contributed by atoms with Crippen LogP contribution < -0.4 is 5.32 Å². The third-order valence-corrected chi connectivity index (χ3v) is 4.53. The Kier molecular flexibility index (Phi) is 5.01. The lowest BCUT2D eigenvalue weighted by atomic mass is 10.1. The smallest absolute Gasteiger partial charge is 0.0991 e. The topological polar surface area (TPSA) is 29.9 Å². The van der Waals surface area contributed by atoms with Gasteiger partial charge in [-0.25, -0.2) is 4.98 Å². The maximum atomic E-state index is 6.05. The molecule has 1 heterocycles. The molecule has 1 atom stereocenters. The molecule has 2 aromatic carbocycles. The zero-order chi connectivity index (χ0) is 16.2. The van der Waals surface area contributed by atoms with E-state index >= 15 is 0 Å². The molecular formula is C18H17Cl2N3. The predicted octanol–water partition coefficient (Wildman–Crippen LogP) is 5.03. The van der Waals surface area contributed by atoms with Crippen LogP contribution in [0, 0.1) is 0 Å². The standard InChI is InChI=1S/C18H17Cl2N3/c1-13(22-11-14-2-7-17(19)18(20)10-14)15-3-5-16(6-4-15)23-9-8-21-12-23/h2-10,12-13,22H,11H2,1H3/t13-/m1/s1.